The molecule has 1 amide bonds. The van der Waals surface area contributed by atoms with Gasteiger partial charge in [-0.15, -0.1) is 0 Å². The summed E-state index contributed by atoms with van der Waals surface area (Å²) in [5.41, 5.74) is 2.38. The van der Waals surface area contributed by atoms with Crippen molar-refractivity contribution in [3.05, 3.63) is 36.0 Å². The topological polar surface area (TPSA) is 48.1 Å². The molecule has 0 atom stereocenters. The highest BCUT2D eigenvalue weighted by atomic mass is 16.1. The highest BCUT2D eigenvalue weighted by molar-refractivity contribution is 5.84. The van der Waals surface area contributed by atoms with Crippen LogP contribution in [0.4, 0.5) is 0 Å². The van der Waals surface area contributed by atoms with Crippen LogP contribution < -0.4 is 5.32 Å². The third-order valence-corrected chi connectivity index (χ3v) is 5.08. The number of amides is 1. The second-order valence-corrected chi connectivity index (χ2v) is 6.90. The van der Waals surface area contributed by atoms with Crippen LogP contribution in [0.15, 0.2) is 30.5 Å². The molecule has 0 bridgehead atoms. The van der Waals surface area contributed by atoms with Gasteiger partial charge in [-0.2, -0.15) is 0 Å². The van der Waals surface area contributed by atoms with E-state index in [-0.39, 0.29) is 5.91 Å². The van der Waals surface area contributed by atoms with E-state index in [1.807, 2.05) is 18.3 Å². The van der Waals surface area contributed by atoms with Crippen molar-refractivity contribution >= 4 is 16.8 Å². The standard InChI is InChI=1S/C20H29N3O/c1-2-3-12-23-13-10-17(11-14-23)22-20(24)9-8-16-15-21-19-7-5-4-6-18(16)19/h4-7,15,17,21H,2-3,8-14H2,1H3,(H,22,24). The molecule has 3 rings (SSSR count). The van der Waals surface area contributed by atoms with Gasteiger partial charge >= 0.3 is 0 Å². The Hall–Kier alpha value is -1.81. The average Bonchev–Trinajstić information content (AvgIpc) is 3.03. The van der Waals surface area contributed by atoms with Gasteiger partial charge in [-0.25, -0.2) is 0 Å². The smallest absolute Gasteiger partial charge is 0.220 e. The molecule has 1 aromatic heterocycles. The van der Waals surface area contributed by atoms with Crippen molar-refractivity contribution in [2.24, 2.45) is 0 Å². The lowest BCUT2D eigenvalue weighted by Crippen LogP contribution is -2.44. The lowest BCUT2D eigenvalue weighted by atomic mass is 10.0. The molecule has 2 heterocycles. The number of hydrogen-bond donors (Lipinski definition) is 2. The van der Waals surface area contributed by atoms with Gasteiger partial charge in [0.25, 0.3) is 0 Å². The highest BCUT2D eigenvalue weighted by Gasteiger charge is 2.20. The number of hydrogen-bond acceptors (Lipinski definition) is 2. The van der Waals surface area contributed by atoms with Crippen molar-refractivity contribution in [1.82, 2.24) is 15.2 Å². The first-order chi connectivity index (χ1) is 11.8. The minimum Gasteiger partial charge on any atom is -0.361 e. The maximum absolute atomic E-state index is 12.3. The molecule has 0 saturated carbocycles. The van der Waals surface area contributed by atoms with Crippen molar-refractivity contribution < 1.29 is 4.79 Å². The number of para-hydroxylation sites is 1. The molecule has 130 valence electrons. The predicted octanol–water partition coefficient (Wildman–Crippen LogP) is 3.48. The van der Waals surface area contributed by atoms with Gasteiger partial charge in [-0.3, -0.25) is 4.79 Å². The van der Waals surface area contributed by atoms with E-state index in [4.69, 9.17) is 0 Å². The van der Waals surface area contributed by atoms with Crippen LogP contribution >= 0.6 is 0 Å². The van der Waals surface area contributed by atoms with Gasteiger partial charge < -0.3 is 15.2 Å². The molecule has 4 nitrogen and oxygen atoms in total. The zero-order valence-corrected chi connectivity index (χ0v) is 14.7. The molecule has 2 aromatic rings. The van der Waals surface area contributed by atoms with Gasteiger partial charge in [0.1, 0.15) is 0 Å². The average molecular weight is 327 g/mol. The van der Waals surface area contributed by atoms with Crippen molar-refractivity contribution in [1.29, 1.82) is 0 Å². The van der Waals surface area contributed by atoms with Crippen molar-refractivity contribution in [2.45, 2.75) is 51.5 Å². The maximum Gasteiger partial charge on any atom is 0.220 e. The molecule has 0 spiro atoms. The Kier molecular flexibility index (Phi) is 5.91. The van der Waals surface area contributed by atoms with Crippen LogP contribution in [0.3, 0.4) is 0 Å². The van der Waals surface area contributed by atoms with Gasteiger partial charge in [0.2, 0.25) is 5.91 Å². The molecular formula is C20H29N3O. The summed E-state index contributed by atoms with van der Waals surface area (Å²) >= 11 is 0. The number of nitrogens with zero attached hydrogens (tertiary/aromatic N) is 1. The Labute approximate surface area is 144 Å². The molecule has 0 radical (unpaired) electrons. The van der Waals surface area contributed by atoms with E-state index in [9.17, 15) is 4.79 Å². The normalized spacial score (nSPS) is 16.5. The van der Waals surface area contributed by atoms with E-state index in [1.165, 1.54) is 30.3 Å². The summed E-state index contributed by atoms with van der Waals surface area (Å²) in [7, 11) is 0. The fourth-order valence-electron chi connectivity index (χ4n) is 3.57. The SMILES string of the molecule is CCCCN1CCC(NC(=O)CCc2c[nH]c3ccccc23)CC1. The van der Waals surface area contributed by atoms with E-state index < -0.39 is 0 Å². The minimum atomic E-state index is 0.187. The summed E-state index contributed by atoms with van der Waals surface area (Å²) in [5, 5.41) is 4.46. The minimum absolute atomic E-state index is 0.187. The van der Waals surface area contributed by atoms with Crippen LogP contribution in [0.25, 0.3) is 10.9 Å². The summed E-state index contributed by atoms with van der Waals surface area (Å²) in [6.07, 6.45) is 8.10. The zero-order chi connectivity index (χ0) is 16.8. The Morgan fingerprint density at radius 3 is 2.88 bits per heavy atom. The van der Waals surface area contributed by atoms with Gasteiger partial charge in [0.05, 0.1) is 0 Å². The fourth-order valence-corrected chi connectivity index (χ4v) is 3.57. The van der Waals surface area contributed by atoms with Crippen LogP contribution in [-0.4, -0.2) is 41.5 Å². The van der Waals surface area contributed by atoms with Crippen molar-refractivity contribution in [3.63, 3.8) is 0 Å². The molecule has 1 fully saturated rings. The number of benzene rings is 1. The van der Waals surface area contributed by atoms with E-state index >= 15 is 0 Å². The van der Waals surface area contributed by atoms with Crippen LogP contribution in [-0.2, 0) is 11.2 Å². The summed E-state index contributed by atoms with van der Waals surface area (Å²) in [5.74, 6) is 0.187. The van der Waals surface area contributed by atoms with Crippen LogP contribution in [0, 0.1) is 0 Å². The molecule has 4 heteroatoms. The largest absolute Gasteiger partial charge is 0.361 e. The summed E-state index contributed by atoms with van der Waals surface area (Å²) < 4.78 is 0. The van der Waals surface area contributed by atoms with Gasteiger partial charge in [-0.05, 0) is 43.9 Å². The molecule has 0 aliphatic carbocycles. The number of aromatic amines is 1. The second-order valence-electron chi connectivity index (χ2n) is 6.90. The first-order valence-electron chi connectivity index (χ1n) is 9.33. The molecule has 1 saturated heterocycles. The van der Waals surface area contributed by atoms with Crippen molar-refractivity contribution in [2.75, 3.05) is 19.6 Å². The first-order valence-corrected chi connectivity index (χ1v) is 9.33. The number of likely N-dealkylation sites (tertiary alicyclic amines) is 1. The van der Waals surface area contributed by atoms with Crippen molar-refractivity contribution in [3.8, 4) is 0 Å². The maximum atomic E-state index is 12.3. The Morgan fingerprint density at radius 2 is 2.08 bits per heavy atom. The van der Waals surface area contributed by atoms with Gasteiger partial charge in [-0.1, -0.05) is 31.5 Å². The number of piperidine rings is 1. The summed E-state index contributed by atoms with van der Waals surface area (Å²) in [4.78, 5) is 18.1. The number of carbonyl (C=O) groups excluding carboxylic acids is 1. The number of unbranched alkanes of at least 4 members (excludes halogenated alkanes) is 1. The second kappa shape index (κ2) is 8.34. The lowest BCUT2D eigenvalue weighted by Gasteiger charge is -2.32. The Balaban J connectivity index is 1.42. The number of aryl methyl sites for hydroxylation is 1. The molecule has 24 heavy (non-hydrogen) atoms. The van der Waals surface area contributed by atoms with E-state index in [0.717, 1.165) is 37.9 Å². The van der Waals surface area contributed by atoms with E-state index in [0.29, 0.717) is 12.5 Å². The Bertz CT molecular complexity index is 656. The fraction of sp³-hybridized carbons (Fsp3) is 0.550. The first kappa shape index (κ1) is 17.0. The monoisotopic (exact) mass is 327 g/mol. The molecule has 0 unspecified atom stereocenters. The molecule has 1 aromatic carbocycles. The van der Waals surface area contributed by atoms with Gasteiger partial charge in [0.15, 0.2) is 0 Å². The number of H-pyrrole nitrogens is 1. The summed E-state index contributed by atoms with van der Waals surface area (Å²) in [6.45, 7) is 5.68. The number of carbonyl (C=O) groups is 1. The quantitative estimate of drug-likeness (QED) is 0.818. The number of rotatable bonds is 7. The number of nitrogens with one attached hydrogen (secondary N) is 2. The molecule has 1 aliphatic rings. The summed E-state index contributed by atoms with van der Waals surface area (Å²) in [6, 6.07) is 8.63. The predicted molar refractivity (Wildman–Crippen MR) is 99.1 cm³/mol. The molecule has 2 N–H and O–H groups in total. The van der Waals surface area contributed by atoms with Crippen LogP contribution in [0.5, 0.6) is 0 Å². The van der Waals surface area contributed by atoms with E-state index in [2.05, 4.69) is 34.3 Å². The highest BCUT2D eigenvalue weighted by Crippen LogP contribution is 2.19. The lowest BCUT2D eigenvalue weighted by molar-refractivity contribution is -0.122. The zero-order valence-electron chi connectivity index (χ0n) is 14.7. The van der Waals surface area contributed by atoms with Crippen LogP contribution in [0.2, 0.25) is 0 Å². The number of aromatic nitrogens is 1. The van der Waals surface area contributed by atoms with E-state index in [1.54, 1.807) is 0 Å². The van der Waals surface area contributed by atoms with Gasteiger partial charge in [0, 0.05) is 42.7 Å². The number of fused-ring (bicyclic) bond motifs is 1. The molecular weight excluding hydrogens is 298 g/mol. The molecule has 1 aliphatic heterocycles. The van der Waals surface area contributed by atoms with Crippen LogP contribution in [0.1, 0.15) is 44.6 Å². The third-order valence-electron chi connectivity index (χ3n) is 5.08. The third kappa shape index (κ3) is 4.38. The Morgan fingerprint density at radius 1 is 1.29 bits per heavy atom.